The monoisotopic (exact) mass is 436 g/mol. The molecule has 0 saturated heterocycles. The third-order valence-electron chi connectivity index (χ3n) is 4.36. The van der Waals surface area contributed by atoms with Crippen LogP contribution in [0.25, 0.3) is 0 Å². The average Bonchev–Trinajstić information content (AvgIpc) is 3.26. The molecule has 0 aliphatic rings. The van der Waals surface area contributed by atoms with Gasteiger partial charge in [0.05, 0.1) is 21.5 Å². The Morgan fingerprint density at radius 1 is 1.31 bits per heavy atom. The first kappa shape index (κ1) is 20.8. The third kappa shape index (κ3) is 4.75. The second-order valence-electron chi connectivity index (χ2n) is 6.43. The second-order valence-corrected chi connectivity index (χ2v) is 7.24. The molecule has 0 bridgehead atoms. The average molecular weight is 437 g/mol. The Labute approximate surface area is 176 Å². The Balaban J connectivity index is 1.73. The number of anilines is 1. The van der Waals surface area contributed by atoms with E-state index in [1.807, 2.05) is 13.0 Å². The number of hydrogen-bond acceptors (Lipinski definition) is 5. The van der Waals surface area contributed by atoms with Crippen LogP contribution in [-0.4, -0.2) is 30.4 Å². The molecule has 9 nitrogen and oxygen atoms in total. The zero-order valence-corrected chi connectivity index (χ0v) is 17.2. The summed E-state index contributed by atoms with van der Waals surface area (Å²) in [5.74, 6) is 0.0253. The predicted molar refractivity (Wildman–Crippen MR) is 109 cm³/mol. The van der Waals surface area contributed by atoms with Gasteiger partial charge in [-0.3, -0.25) is 24.3 Å². The lowest BCUT2D eigenvalue weighted by Crippen LogP contribution is -2.26. The molecule has 2 heterocycles. The molecule has 11 heteroatoms. The van der Waals surface area contributed by atoms with Crippen molar-refractivity contribution in [2.75, 3.05) is 5.32 Å². The molecule has 0 radical (unpaired) electrons. The van der Waals surface area contributed by atoms with Crippen LogP contribution in [0.4, 0.5) is 11.5 Å². The number of carbonyl (C=O) groups excluding carboxylic acids is 1. The summed E-state index contributed by atoms with van der Waals surface area (Å²) in [6.45, 7) is 4.13. The van der Waals surface area contributed by atoms with E-state index >= 15 is 0 Å². The van der Waals surface area contributed by atoms with Gasteiger partial charge in [0, 0.05) is 11.8 Å². The highest BCUT2D eigenvalue weighted by atomic mass is 35.5. The second kappa shape index (κ2) is 8.62. The number of amides is 1. The van der Waals surface area contributed by atoms with Crippen molar-refractivity contribution in [1.82, 2.24) is 19.6 Å². The van der Waals surface area contributed by atoms with Crippen LogP contribution in [0.5, 0.6) is 0 Å². The van der Waals surface area contributed by atoms with Gasteiger partial charge in [-0.05, 0) is 31.0 Å². The lowest BCUT2D eigenvalue weighted by Gasteiger charge is -2.14. The number of halogens is 2. The van der Waals surface area contributed by atoms with E-state index in [1.165, 1.54) is 10.9 Å². The molecule has 3 aromatic rings. The molecule has 3 rings (SSSR count). The maximum atomic E-state index is 12.7. The highest BCUT2D eigenvalue weighted by molar-refractivity contribution is 6.42. The van der Waals surface area contributed by atoms with E-state index in [4.69, 9.17) is 23.2 Å². The van der Waals surface area contributed by atoms with E-state index in [0.717, 1.165) is 17.5 Å². The van der Waals surface area contributed by atoms with E-state index in [9.17, 15) is 14.9 Å². The van der Waals surface area contributed by atoms with Crippen molar-refractivity contribution in [2.45, 2.75) is 32.9 Å². The minimum Gasteiger partial charge on any atom is -0.307 e. The number of nitrogens with one attached hydrogen (secondary N) is 1. The summed E-state index contributed by atoms with van der Waals surface area (Å²) in [4.78, 5) is 22.9. The number of aryl methyl sites for hydroxylation is 1. The van der Waals surface area contributed by atoms with Gasteiger partial charge in [0.1, 0.15) is 18.4 Å². The Morgan fingerprint density at radius 3 is 2.69 bits per heavy atom. The van der Waals surface area contributed by atoms with Crippen molar-refractivity contribution in [3.63, 3.8) is 0 Å². The van der Waals surface area contributed by atoms with E-state index in [0.29, 0.717) is 28.8 Å². The fraction of sp³-hybridized carbons (Fsp3) is 0.278. The van der Waals surface area contributed by atoms with E-state index < -0.39 is 11.0 Å². The third-order valence-corrected chi connectivity index (χ3v) is 5.10. The summed E-state index contributed by atoms with van der Waals surface area (Å²) in [5, 5.41) is 22.9. The quantitative estimate of drug-likeness (QED) is 0.439. The van der Waals surface area contributed by atoms with Gasteiger partial charge in [-0.1, -0.05) is 36.2 Å². The van der Waals surface area contributed by atoms with E-state index in [1.54, 1.807) is 29.8 Å². The number of hydrogen-bond donors (Lipinski definition) is 1. The number of nitrogens with zero attached hydrogens (tertiary/aromatic N) is 5. The fourth-order valence-corrected chi connectivity index (χ4v) is 3.16. The first-order valence-corrected chi connectivity index (χ1v) is 9.52. The normalized spacial score (nSPS) is 12.0. The topological polar surface area (TPSA) is 108 Å². The molecule has 0 aliphatic heterocycles. The molecule has 1 N–H and O–H groups in total. The number of aromatic nitrogens is 4. The van der Waals surface area contributed by atoms with Crippen molar-refractivity contribution in [2.24, 2.45) is 0 Å². The smallest absolute Gasteiger partial charge is 0.307 e. The summed E-state index contributed by atoms with van der Waals surface area (Å²) in [5.41, 5.74) is 1.59. The van der Waals surface area contributed by atoms with Crippen LogP contribution >= 0.6 is 23.2 Å². The number of nitro groups is 1. The molecule has 0 fully saturated rings. The zero-order chi connectivity index (χ0) is 21.1. The van der Waals surface area contributed by atoms with Gasteiger partial charge in [0.2, 0.25) is 5.91 Å². The van der Waals surface area contributed by atoms with Crippen LogP contribution in [0.1, 0.15) is 30.6 Å². The Kier molecular flexibility index (Phi) is 6.19. The molecule has 1 unspecified atom stereocenters. The van der Waals surface area contributed by atoms with Crippen molar-refractivity contribution in [1.29, 1.82) is 0 Å². The number of benzene rings is 1. The first-order valence-electron chi connectivity index (χ1n) is 8.76. The lowest BCUT2D eigenvalue weighted by atomic mass is 10.2. The van der Waals surface area contributed by atoms with Gasteiger partial charge in [-0.25, -0.2) is 0 Å². The first-order chi connectivity index (χ1) is 13.8. The van der Waals surface area contributed by atoms with Gasteiger partial charge in [0.25, 0.3) is 0 Å². The van der Waals surface area contributed by atoms with E-state index in [-0.39, 0.29) is 11.6 Å². The van der Waals surface area contributed by atoms with Crippen LogP contribution in [0.2, 0.25) is 10.0 Å². The van der Waals surface area contributed by atoms with Crippen LogP contribution in [0.3, 0.4) is 0 Å². The lowest BCUT2D eigenvalue weighted by molar-refractivity contribution is -0.385. The van der Waals surface area contributed by atoms with Crippen molar-refractivity contribution < 1.29 is 9.72 Å². The molecule has 29 heavy (non-hydrogen) atoms. The summed E-state index contributed by atoms with van der Waals surface area (Å²) in [7, 11) is 0. The minimum absolute atomic E-state index is 0.169. The van der Waals surface area contributed by atoms with Crippen molar-refractivity contribution in [3.8, 4) is 0 Å². The van der Waals surface area contributed by atoms with Gasteiger partial charge in [-0.15, -0.1) is 0 Å². The molecule has 0 saturated carbocycles. The molecule has 0 spiro atoms. The fourth-order valence-electron chi connectivity index (χ4n) is 2.84. The maximum absolute atomic E-state index is 12.7. The van der Waals surface area contributed by atoms with Crippen molar-refractivity contribution in [3.05, 3.63) is 68.1 Å². The molecular formula is C18H18Cl2N6O3. The standard InChI is InChI=1S/C18H18Cl2N6O3/c1-3-16(25-10-13(8-21-25)26(28)29)18(27)22-17-6-11(2)24(23-17)9-12-4-5-14(19)15(20)7-12/h4-8,10,16H,3,9H2,1-2H3,(H,22,23,27). The maximum Gasteiger partial charge on any atom is 0.307 e. The van der Waals surface area contributed by atoms with Gasteiger partial charge >= 0.3 is 5.69 Å². The summed E-state index contributed by atoms with van der Waals surface area (Å²) in [6.07, 6.45) is 2.77. The summed E-state index contributed by atoms with van der Waals surface area (Å²) < 4.78 is 3.02. The highest BCUT2D eigenvalue weighted by Crippen LogP contribution is 2.24. The van der Waals surface area contributed by atoms with Crippen LogP contribution in [0.15, 0.2) is 36.7 Å². The number of rotatable bonds is 7. The van der Waals surface area contributed by atoms with Gasteiger partial charge in [0.15, 0.2) is 5.82 Å². The Bertz CT molecular complexity index is 1060. The van der Waals surface area contributed by atoms with Crippen LogP contribution in [0, 0.1) is 17.0 Å². The highest BCUT2D eigenvalue weighted by Gasteiger charge is 2.23. The minimum atomic E-state index is -0.691. The Morgan fingerprint density at radius 2 is 2.07 bits per heavy atom. The van der Waals surface area contributed by atoms with E-state index in [2.05, 4.69) is 15.5 Å². The van der Waals surface area contributed by atoms with Crippen LogP contribution in [-0.2, 0) is 11.3 Å². The summed E-state index contributed by atoms with van der Waals surface area (Å²) >= 11 is 12.0. The number of carbonyl (C=O) groups is 1. The largest absolute Gasteiger partial charge is 0.307 e. The predicted octanol–water partition coefficient (Wildman–Crippen LogP) is 4.24. The molecule has 1 amide bonds. The van der Waals surface area contributed by atoms with Gasteiger partial charge in [-0.2, -0.15) is 10.2 Å². The zero-order valence-electron chi connectivity index (χ0n) is 15.7. The molecule has 152 valence electrons. The summed E-state index contributed by atoms with van der Waals surface area (Å²) in [6, 6.07) is 6.39. The molecule has 2 aromatic heterocycles. The molecule has 1 atom stereocenters. The Hall–Kier alpha value is -2.91. The van der Waals surface area contributed by atoms with Crippen LogP contribution < -0.4 is 5.32 Å². The van der Waals surface area contributed by atoms with Crippen molar-refractivity contribution >= 4 is 40.6 Å². The molecular weight excluding hydrogens is 419 g/mol. The SMILES string of the molecule is CCC(C(=O)Nc1cc(C)n(Cc2ccc(Cl)c(Cl)c2)n1)n1cc([N+](=O)[O-])cn1. The van der Waals surface area contributed by atoms with Gasteiger partial charge < -0.3 is 5.32 Å². The molecule has 0 aliphatic carbocycles. The molecule has 1 aromatic carbocycles.